The molecule has 2 heterocycles. The van der Waals surface area contributed by atoms with Gasteiger partial charge in [0.25, 0.3) is 0 Å². The van der Waals surface area contributed by atoms with Gasteiger partial charge in [0.2, 0.25) is 5.95 Å². The third-order valence-electron chi connectivity index (χ3n) is 1.95. The van der Waals surface area contributed by atoms with Crippen molar-refractivity contribution in [2.75, 3.05) is 12.8 Å². The van der Waals surface area contributed by atoms with Crippen molar-refractivity contribution < 1.29 is 9.53 Å². The van der Waals surface area contributed by atoms with E-state index in [9.17, 15) is 4.79 Å². The standard InChI is InChI=1S/C9H9N5O2/c1-16-8(15)6-7(10)14(5-13-6)9-11-3-2-4-12-9/h2-5H,10H2,1H3. The van der Waals surface area contributed by atoms with Gasteiger partial charge in [-0.25, -0.2) is 19.7 Å². The molecule has 2 N–H and O–H groups in total. The third-order valence-corrected chi connectivity index (χ3v) is 1.95. The van der Waals surface area contributed by atoms with Crippen LogP contribution >= 0.6 is 0 Å². The monoisotopic (exact) mass is 219 g/mol. The molecular formula is C9H9N5O2. The van der Waals surface area contributed by atoms with Gasteiger partial charge < -0.3 is 10.5 Å². The summed E-state index contributed by atoms with van der Waals surface area (Å²) in [5.74, 6) is -0.0899. The first-order valence-electron chi connectivity index (χ1n) is 4.42. The number of anilines is 1. The summed E-state index contributed by atoms with van der Waals surface area (Å²) < 4.78 is 5.94. The normalized spacial score (nSPS) is 10.1. The fraction of sp³-hybridized carbons (Fsp3) is 0.111. The predicted octanol–water partition coefficient (Wildman–Crippen LogP) is 0.0311. The number of imidazole rings is 1. The van der Waals surface area contributed by atoms with E-state index in [1.54, 1.807) is 18.5 Å². The first-order chi connectivity index (χ1) is 7.74. The Morgan fingerprint density at radius 2 is 2.06 bits per heavy atom. The summed E-state index contributed by atoms with van der Waals surface area (Å²) in [6, 6.07) is 1.68. The maximum absolute atomic E-state index is 11.3. The summed E-state index contributed by atoms with van der Waals surface area (Å²) in [5, 5.41) is 0. The molecule has 0 unspecified atom stereocenters. The zero-order valence-electron chi connectivity index (χ0n) is 8.49. The minimum atomic E-state index is -0.591. The largest absolute Gasteiger partial charge is 0.464 e. The van der Waals surface area contributed by atoms with Crippen molar-refractivity contribution >= 4 is 11.8 Å². The molecule has 0 atom stereocenters. The molecule has 0 fully saturated rings. The zero-order chi connectivity index (χ0) is 11.5. The van der Waals surface area contributed by atoms with Crippen LogP contribution in [0.15, 0.2) is 24.8 Å². The Balaban J connectivity index is 2.45. The minimum Gasteiger partial charge on any atom is -0.464 e. The molecule has 16 heavy (non-hydrogen) atoms. The minimum absolute atomic E-state index is 0.0509. The summed E-state index contributed by atoms with van der Waals surface area (Å²) >= 11 is 0. The van der Waals surface area contributed by atoms with E-state index in [2.05, 4.69) is 19.7 Å². The molecular weight excluding hydrogens is 210 g/mol. The van der Waals surface area contributed by atoms with Gasteiger partial charge in [-0.3, -0.25) is 4.57 Å². The molecule has 0 aliphatic rings. The molecule has 82 valence electrons. The predicted molar refractivity (Wildman–Crippen MR) is 54.9 cm³/mol. The van der Waals surface area contributed by atoms with E-state index in [4.69, 9.17) is 5.73 Å². The number of hydrogen-bond donors (Lipinski definition) is 1. The molecule has 0 saturated carbocycles. The Hall–Kier alpha value is -2.44. The number of carbonyl (C=O) groups is 1. The van der Waals surface area contributed by atoms with Crippen molar-refractivity contribution in [2.45, 2.75) is 0 Å². The van der Waals surface area contributed by atoms with Crippen molar-refractivity contribution in [1.29, 1.82) is 0 Å². The molecule has 7 heteroatoms. The number of rotatable bonds is 2. The SMILES string of the molecule is COC(=O)c1ncn(-c2ncccn2)c1N. The van der Waals surface area contributed by atoms with Gasteiger partial charge >= 0.3 is 5.97 Å². The lowest BCUT2D eigenvalue weighted by Crippen LogP contribution is -2.08. The molecule has 0 spiro atoms. The Bertz CT molecular complexity index is 508. The first kappa shape index (κ1) is 10.1. The molecule has 2 rings (SSSR count). The van der Waals surface area contributed by atoms with Crippen molar-refractivity contribution in [3.05, 3.63) is 30.5 Å². The smallest absolute Gasteiger partial charge is 0.360 e. The second-order valence-electron chi connectivity index (χ2n) is 2.89. The van der Waals surface area contributed by atoms with Crippen LogP contribution in [0.3, 0.4) is 0 Å². The lowest BCUT2D eigenvalue weighted by molar-refractivity contribution is 0.0596. The van der Waals surface area contributed by atoms with Crippen molar-refractivity contribution in [1.82, 2.24) is 19.5 Å². The van der Waals surface area contributed by atoms with E-state index in [0.717, 1.165) is 0 Å². The molecule has 0 amide bonds. The highest BCUT2D eigenvalue weighted by Crippen LogP contribution is 2.14. The van der Waals surface area contributed by atoms with E-state index in [1.807, 2.05) is 0 Å². The molecule has 2 aromatic heterocycles. The number of nitrogens with two attached hydrogens (primary N) is 1. The highest BCUT2D eigenvalue weighted by molar-refractivity contribution is 5.92. The molecule has 0 saturated heterocycles. The van der Waals surface area contributed by atoms with Gasteiger partial charge in [-0.05, 0) is 6.07 Å². The van der Waals surface area contributed by atoms with Crippen LogP contribution < -0.4 is 5.73 Å². The molecule has 2 aromatic rings. The number of nitrogens with zero attached hydrogens (tertiary/aromatic N) is 4. The second kappa shape index (κ2) is 3.97. The fourth-order valence-electron chi connectivity index (χ4n) is 1.19. The number of aromatic nitrogens is 4. The number of ether oxygens (including phenoxy) is 1. The van der Waals surface area contributed by atoms with Gasteiger partial charge in [-0.15, -0.1) is 0 Å². The molecule has 0 aliphatic heterocycles. The maximum Gasteiger partial charge on any atom is 0.360 e. The van der Waals surface area contributed by atoms with E-state index in [1.165, 1.54) is 18.0 Å². The van der Waals surface area contributed by atoms with Crippen LogP contribution in [0, 0.1) is 0 Å². The average Bonchev–Trinajstić information content (AvgIpc) is 2.71. The third kappa shape index (κ3) is 1.58. The van der Waals surface area contributed by atoms with Crippen LogP contribution in [-0.2, 0) is 4.74 Å². The van der Waals surface area contributed by atoms with Gasteiger partial charge in [-0.2, -0.15) is 0 Å². The topological polar surface area (TPSA) is 95.9 Å². The van der Waals surface area contributed by atoms with Crippen LogP contribution in [-0.4, -0.2) is 32.6 Å². The summed E-state index contributed by atoms with van der Waals surface area (Å²) in [5.41, 5.74) is 5.78. The lowest BCUT2D eigenvalue weighted by Gasteiger charge is -2.01. The van der Waals surface area contributed by atoms with E-state index >= 15 is 0 Å². The fourth-order valence-corrected chi connectivity index (χ4v) is 1.19. The number of esters is 1. The maximum atomic E-state index is 11.3. The lowest BCUT2D eigenvalue weighted by atomic mass is 10.4. The van der Waals surface area contributed by atoms with Crippen LogP contribution in [0.1, 0.15) is 10.5 Å². The number of hydrogen-bond acceptors (Lipinski definition) is 6. The van der Waals surface area contributed by atoms with Gasteiger partial charge in [0, 0.05) is 12.4 Å². The Morgan fingerprint density at radius 1 is 1.38 bits per heavy atom. The summed E-state index contributed by atoms with van der Waals surface area (Å²) in [6.07, 6.45) is 4.51. The molecule has 0 aliphatic carbocycles. The van der Waals surface area contributed by atoms with E-state index in [-0.39, 0.29) is 11.5 Å². The molecule has 0 aromatic carbocycles. The summed E-state index contributed by atoms with van der Waals surface area (Å²) in [7, 11) is 1.26. The van der Waals surface area contributed by atoms with E-state index < -0.39 is 5.97 Å². The molecule has 0 bridgehead atoms. The highest BCUT2D eigenvalue weighted by Gasteiger charge is 2.17. The second-order valence-corrected chi connectivity index (χ2v) is 2.89. The molecule has 7 nitrogen and oxygen atoms in total. The Kier molecular flexibility index (Phi) is 2.50. The van der Waals surface area contributed by atoms with Crippen LogP contribution in [0.25, 0.3) is 5.95 Å². The van der Waals surface area contributed by atoms with Crippen LogP contribution in [0.4, 0.5) is 5.82 Å². The zero-order valence-corrected chi connectivity index (χ0v) is 8.49. The Morgan fingerprint density at radius 3 is 2.69 bits per heavy atom. The quantitative estimate of drug-likeness (QED) is 0.716. The summed E-state index contributed by atoms with van der Waals surface area (Å²) in [6.45, 7) is 0. The number of methoxy groups -OCH3 is 1. The van der Waals surface area contributed by atoms with Gasteiger partial charge in [0.15, 0.2) is 5.69 Å². The first-order valence-corrected chi connectivity index (χ1v) is 4.42. The molecule has 0 radical (unpaired) electrons. The highest BCUT2D eigenvalue weighted by atomic mass is 16.5. The van der Waals surface area contributed by atoms with Gasteiger partial charge in [0.1, 0.15) is 12.1 Å². The van der Waals surface area contributed by atoms with Gasteiger partial charge in [-0.1, -0.05) is 0 Å². The number of carbonyl (C=O) groups excluding carboxylic acids is 1. The number of nitrogen functional groups attached to an aromatic ring is 1. The van der Waals surface area contributed by atoms with Crippen LogP contribution in [0.5, 0.6) is 0 Å². The van der Waals surface area contributed by atoms with Crippen molar-refractivity contribution in [3.8, 4) is 5.95 Å². The Labute approximate surface area is 90.9 Å². The van der Waals surface area contributed by atoms with Gasteiger partial charge in [0.05, 0.1) is 7.11 Å². The summed E-state index contributed by atoms with van der Waals surface area (Å²) in [4.78, 5) is 23.1. The van der Waals surface area contributed by atoms with Crippen molar-refractivity contribution in [3.63, 3.8) is 0 Å². The van der Waals surface area contributed by atoms with Crippen molar-refractivity contribution in [2.24, 2.45) is 0 Å². The van der Waals surface area contributed by atoms with Crippen LogP contribution in [0.2, 0.25) is 0 Å². The van der Waals surface area contributed by atoms with E-state index in [0.29, 0.717) is 5.95 Å². The average molecular weight is 219 g/mol.